The molecule has 55 heavy (non-hydrogen) atoms. The first-order valence-corrected chi connectivity index (χ1v) is 17.7. The van der Waals surface area contributed by atoms with Gasteiger partial charge in [0, 0.05) is 78.0 Å². The molecule has 1 fully saturated rings. The van der Waals surface area contributed by atoms with Crippen LogP contribution in [0.15, 0.2) is 65.1 Å². The Balaban J connectivity index is 1.17. The number of furan rings is 1. The third-order valence-electron chi connectivity index (χ3n) is 9.98. The van der Waals surface area contributed by atoms with Gasteiger partial charge in [0.05, 0.1) is 23.9 Å². The molecule has 0 spiro atoms. The number of methoxy groups -OCH3 is 1. The number of aromatic nitrogens is 2. The zero-order valence-corrected chi connectivity index (χ0v) is 30.1. The predicted octanol–water partition coefficient (Wildman–Crippen LogP) is 7.18. The smallest absolute Gasteiger partial charge is 0.432 e. The summed E-state index contributed by atoms with van der Waals surface area (Å²) in [5, 5.41) is 3.94. The Kier molecular flexibility index (Phi) is 8.96. The molecule has 0 bridgehead atoms. The van der Waals surface area contributed by atoms with Crippen molar-refractivity contribution in [1.82, 2.24) is 19.8 Å². The van der Waals surface area contributed by atoms with E-state index in [9.17, 15) is 32.3 Å². The Morgan fingerprint density at radius 3 is 2.45 bits per heavy atom. The lowest BCUT2D eigenvalue weighted by Crippen LogP contribution is -2.48. The van der Waals surface area contributed by atoms with E-state index in [4.69, 9.17) is 25.5 Å². The number of likely N-dealkylation sites (N-methyl/N-ethyl adjacent to an activating group) is 1. The highest BCUT2D eigenvalue weighted by atomic mass is 35.5. The lowest BCUT2D eigenvalue weighted by molar-refractivity contribution is -0.141. The number of carbonyl (C=O) groups excluding carboxylic acids is 4. The first-order valence-electron chi connectivity index (χ1n) is 17.2. The average molecular weight is 777 g/mol. The minimum atomic E-state index is -5.03. The highest BCUT2D eigenvalue weighted by Crippen LogP contribution is 2.50. The largest absolute Gasteiger partial charge is 0.465 e. The number of fused-ring (bicyclic) bond motifs is 5. The number of carbonyl (C=O) groups is 4. The third-order valence-corrected chi connectivity index (χ3v) is 10.4. The van der Waals surface area contributed by atoms with E-state index in [-0.39, 0.29) is 51.8 Å². The first-order chi connectivity index (χ1) is 26.3. The Bertz CT molecular complexity index is 2500. The number of H-pyrrole nitrogens is 2. The molecule has 8 rings (SSSR count). The second kappa shape index (κ2) is 13.7. The lowest BCUT2D eigenvalue weighted by Gasteiger charge is -2.31. The second-order valence-electron chi connectivity index (χ2n) is 13.4. The Hall–Kier alpha value is -6.00. The van der Waals surface area contributed by atoms with Gasteiger partial charge in [0.15, 0.2) is 11.5 Å². The van der Waals surface area contributed by atoms with Crippen LogP contribution in [0.2, 0.25) is 0 Å². The normalized spacial score (nSPS) is 16.2. The number of piperazine rings is 1. The van der Waals surface area contributed by atoms with Crippen LogP contribution in [-0.4, -0.2) is 96.4 Å². The van der Waals surface area contributed by atoms with Crippen LogP contribution in [0.4, 0.5) is 29.3 Å². The summed E-state index contributed by atoms with van der Waals surface area (Å²) in [6, 6.07) is 16.8. The van der Waals surface area contributed by atoms with Crippen molar-refractivity contribution in [2.75, 3.05) is 63.0 Å². The van der Waals surface area contributed by atoms with Crippen LogP contribution in [0.1, 0.15) is 48.6 Å². The lowest BCUT2D eigenvalue weighted by atomic mass is 9.95. The predicted molar refractivity (Wildman–Crippen MR) is 197 cm³/mol. The van der Waals surface area contributed by atoms with Crippen LogP contribution >= 0.6 is 11.6 Å². The Morgan fingerprint density at radius 1 is 0.982 bits per heavy atom. The number of hydrogen-bond donors (Lipinski definition) is 3. The number of rotatable bonds is 6. The molecule has 2 aliphatic rings. The van der Waals surface area contributed by atoms with E-state index in [2.05, 4.69) is 15.3 Å². The molecule has 1 atom stereocenters. The number of alkyl halides is 4. The maximum Gasteiger partial charge on any atom is 0.432 e. The maximum atomic E-state index is 14.5. The minimum Gasteiger partial charge on any atom is -0.465 e. The summed E-state index contributed by atoms with van der Waals surface area (Å²) in [6.07, 6.45) is -5.84. The molecule has 6 aromatic rings. The molecule has 17 heteroatoms. The van der Waals surface area contributed by atoms with Crippen LogP contribution in [0.3, 0.4) is 0 Å². The van der Waals surface area contributed by atoms with E-state index in [0.29, 0.717) is 48.4 Å². The van der Waals surface area contributed by atoms with Crippen molar-refractivity contribution in [2.45, 2.75) is 12.1 Å². The van der Waals surface area contributed by atoms with Crippen LogP contribution < -0.4 is 15.0 Å². The standard InChI is InChI=1S/C38H32ClF3N6O7/c1-46-9-11-47(12-10-46)37(52)55-27-16-25-29(30-31(36(51)53-2)33(38(40,41)42)45-32(27)30)21(17-39)18-48(25)35(50)24-14-20-13-22(7-8-23(20)44-24)43-34(49)28-15-19-5-3-4-6-26(19)54-28/h3-8,13-16,21,44-45H,9-12,17-18H2,1-2H3,(H,43,49)/t21-/m1/s1. The molecule has 1 saturated heterocycles. The quantitative estimate of drug-likeness (QED) is 0.119. The molecule has 13 nitrogen and oxygen atoms in total. The Labute approximate surface area is 314 Å². The number of hydrogen-bond acceptors (Lipinski definition) is 8. The van der Waals surface area contributed by atoms with Crippen molar-refractivity contribution in [3.63, 3.8) is 0 Å². The zero-order valence-electron chi connectivity index (χ0n) is 29.3. The second-order valence-corrected chi connectivity index (χ2v) is 13.7. The number of halogens is 4. The molecule has 284 valence electrons. The number of nitrogens with zero attached hydrogens (tertiary/aromatic N) is 3. The summed E-state index contributed by atoms with van der Waals surface area (Å²) in [5.41, 5.74) is -0.492. The molecule has 5 heterocycles. The van der Waals surface area contributed by atoms with Gasteiger partial charge in [-0.2, -0.15) is 13.2 Å². The Morgan fingerprint density at radius 2 is 1.75 bits per heavy atom. The van der Waals surface area contributed by atoms with Gasteiger partial charge in [0.1, 0.15) is 17.0 Å². The molecular formula is C38H32ClF3N6O7. The van der Waals surface area contributed by atoms with Gasteiger partial charge in [-0.25, -0.2) is 9.59 Å². The van der Waals surface area contributed by atoms with Gasteiger partial charge in [0.25, 0.3) is 11.8 Å². The molecule has 3 amide bonds. The third kappa shape index (κ3) is 6.40. The molecular weight excluding hydrogens is 745 g/mol. The van der Waals surface area contributed by atoms with Crippen molar-refractivity contribution >= 4 is 79.6 Å². The van der Waals surface area contributed by atoms with Crippen molar-refractivity contribution in [3.8, 4) is 5.75 Å². The van der Waals surface area contributed by atoms with Crippen LogP contribution in [0.5, 0.6) is 5.75 Å². The van der Waals surface area contributed by atoms with Gasteiger partial charge in [-0.05, 0) is 49.0 Å². The molecule has 3 aromatic carbocycles. The number of nitrogens with one attached hydrogen (secondary N) is 3. The van der Waals surface area contributed by atoms with Gasteiger partial charge < -0.3 is 43.9 Å². The number of benzene rings is 3. The van der Waals surface area contributed by atoms with Gasteiger partial charge in [-0.3, -0.25) is 9.59 Å². The number of anilines is 2. The van der Waals surface area contributed by atoms with Crippen molar-refractivity contribution < 1.29 is 46.2 Å². The summed E-state index contributed by atoms with van der Waals surface area (Å²) in [4.78, 5) is 64.0. The van der Waals surface area contributed by atoms with Gasteiger partial charge in [0.2, 0.25) is 0 Å². The zero-order chi connectivity index (χ0) is 38.8. The number of esters is 1. The number of ether oxygens (including phenoxy) is 2. The van der Waals surface area contributed by atoms with E-state index < -0.39 is 47.2 Å². The fourth-order valence-electron chi connectivity index (χ4n) is 7.23. The number of para-hydroxylation sites is 1. The molecule has 0 radical (unpaired) electrons. The van der Waals surface area contributed by atoms with Gasteiger partial charge >= 0.3 is 18.2 Å². The molecule has 0 aliphatic carbocycles. The van der Waals surface area contributed by atoms with Crippen molar-refractivity contribution in [3.05, 3.63) is 88.9 Å². The molecule has 2 aliphatic heterocycles. The summed E-state index contributed by atoms with van der Waals surface area (Å²) in [6.45, 7) is 1.69. The van der Waals surface area contributed by atoms with Gasteiger partial charge in [-0.1, -0.05) is 18.2 Å². The van der Waals surface area contributed by atoms with Crippen LogP contribution in [0.25, 0.3) is 32.8 Å². The van der Waals surface area contributed by atoms with E-state index in [1.165, 1.54) is 15.9 Å². The SMILES string of the molecule is COC(=O)c1c(C(F)(F)F)[nH]c2c(OC(=O)N3CCN(C)CC3)cc3c(c12)[C@H](CCl)CN3C(=O)c1cc2cc(NC(=O)c3cc4ccccc4o3)ccc2[nH]1. The van der Waals surface area contributed by atoms with Crippen LogP contribution in [0, 0.1) is 0 Å². The maximum absolute atomic E-state index is 14.5. The molecule has 3 N–H and O–H groups in total. The van der Waals surface area contributed by atoms with Crippen molar-refractivity contribution in [1.29, 1.82) is 0 Å². The number of aromatic amines is 2. The minimum absolute atomic E-state index is 0.0655. The molecule has 3 aromatic heterocycles. The van der Waals surface area contributed by atoms with Crippen LogP contribution in [-0.2, 0) is 10.9 Å². The fourth-order valence-corrected chi connectivity index (χ4v) is 7.48. The molecule has 0 unspecified atom stereocenters. The average Bonchev–Trinajstić information content (AvgIpc) is 3.96. The monoisotopic (exact) mass is 776 g/mol. The topological polar surface area (TPSA) is 153 Å². The van der Waals surface area contributed by atoms with E-state index >= 15 is 0 Å². The van der Waals surface area contributed by atoms with E-state index in [1.54, 1.807) is 42.5 Å². The summed E-state index contributed by atoms with van der Waals surface area (Å²) in [5.74, 6) is -3.36. The van der Waals surface area contributed by atoms with E-state index in [0.717, 1.165) is 12.5 Å². The highest BCUT2D eigenvalue weighted by Gasteiger charge is 2.44. The highest BCUT2D eigenvalue weighted by molar-refractivity contribution is 6.20. The number of amides is 3. The van der Waals surface area contributed by atoms with Gasteiger partial charge in [-0.15, -0.1) is 11.6 Å². The van der Waals surface area contributed by atoms with Crippen molar-refractivity contribution in [2.24, 2.45) is 0 Å². The summed E-state index contributed by atoms with van der Waals surface area (Å²) < 4.78 is 59.8. The first kappa shape index (κ1) is 36.0. The molecule has 0 saturated carbocycles. The van der Waals surface area contributed by atoms with E-state index in [1.807, 2.05) is 24.1 Å². The summed E-state index contributed by atoms with van der Waals surface area (Å²) in [7, 11) is 2.85. The fraction of sp³-hybridized carbons (Fsp3) is 0.263. The summed E-state index contributed by atoms with van der Waals surface area (Å²) >= 11 is 6.41.